The van der Waals surface area contributed by atoms with Crippen molar-refractivity contribution in [2.24, 2.45) is 7.05 Å². The smallest absolute Gasteiger partial charge is 0.135 e. The monoisotopic (exact) mass is 288 g/mol. The minimum atomic E-state index is -0.361. The molecule has 1 N–H and O–H groups in total. The number of ether oxygens (including phenoxy) is 1. The van der Waals surface area contributed by atoms with Gasteiger partial charge in [-0.1, -0.05) is 11.8 Å². The van der Waals surface area contributed by atoms with E-state index in [9.17, 15) is 4.39 Å². The van der Waals surface area contributed by atoms with Crippen molar-refractivity contribution in [3.05, 3.63) is 47.8 Å². The van der Waals surface area contributed by atoms with Crippen molar-refractivity contribution in [1.82, 2.24) is 9.55 Å². The molecule has 0 saturated heterocycles. The van der Waals surface area contributed by atoms with Crippen LogP contribution in [0.25, 0.3) is 0 Å². The highest BCUT2D eigenvalue weighted by atomic mass is 19.1. The Bertz CT molecular complexity index is 656. The lowest BCUT2D eigenvalue weighted by Gasteiger charge is -2.08. The van der Waals surface area contributed by atoms with Gasteiger partial charge in [0, 0.05) is 32.3 Å². The fourth-order valence-electron chi connectivity index (χ4n) is 1.83. The molecule has 0 atom stereocenters. The molecule has 0 spiro atoms. The molecule has 5 heteroatoms. The lowest BCUT2D eigenvalue weighted by molar-refractivity contribution is 0.305. The summed E-state index contributed by atoms with van der Waals surface area (Å²) in [4.78, 5) is 4.21. The molecule has 1 aromatic heterocycles. The van der Waals surface area contributed by atoms with Crippen molar-refractivity contribution < 1.29 is 14.2 Å². The van der Waals surface area contributed by atoms with Crippen LogP contribution in [-0.4, -0.2) is 27.9 Å². The third kappa shape index (κ3) is 4.33. The van der Waals surface area contributed by atoms with Gasteiger partial charge in [0.2, 0.25) is 0 Å². The number of aryl methyl sites for hydroxylation is 1. The minimum absolute atomic E-state index is 0.0162. The average Bonchev–Trinajstić information content (AvgIpc) is 2.87. The number of rotatable bonds is 5. The van der Waals surface area contributed by atoms with Crippen molar-refractivity contribution in [2.45, 2.75) is 12.8 Å². The molecule has 4 nitrogen and oxygen atoms in total. The van der Waals surface area contributed by atoms with Gasteiger partial charge < -0.3 is 14.4 Å². The standard InChI is InChI=1S/C16H17FN2O2/c1-19-9-8-18-16(19)7-11-21-15-6-5-14(17)12-13(15)4-2-3-10-20/h5-6,8-9,12,20H,3,7,10-11H2,1H3. The summed E-state index contributed by atoms with van der Waals surface area (Å²) in [6.45, 7) is 0.419. The van der Waals surface area contributed by atoms with E-state index in [4.69, 9.17) is 9.84 Å². The molecule has 0 aliphatic heterocycles. The maximum Gasteiger partial charge on any atom is 0.135 e. The summed E-state index contributed by atoms with van der Waals surface area (Å²) in [5.41, 5.74) is 0.489. The molecule has 0 radical (unpaired) electrons. The van der Waals surface area contributed by atoms with E-state index < -0.39 is 0 Å². The van der Waals surface area contributed by atoms with Crippen LogP contribution in [0.1, 0.15) is 17.8 Å². The summed E-state index contributed by atoms with van der Waals surface area (Å²) in [6, 6.07) is 4.24. The zero-order valence-electron chi connectivity index (χ0n) is 11.8. The predicted octanol–water partition coefficient (Wildman–Crippen LogP) is 1.91. The first-order valence-electron chi connectivity index (χ1n) is 6.69. The van der Waals surface area contributed by atoms with Crippen molar-refractivity contribution in [2.75, 3.05) is 13.2 Å². The van der Waals surface area contributed by atoms with E-state index in [2.05, 4.69) is 16.8 Å². The second kappa shape index (κ2) is 7.46. The third-order valence-corrected chi connectivity index (χ3v) is 2.91. The van der Waals surface area contributed by atoms with Crippen LogP contribution in [0.4, 0.5) is 4.39 Å². The normalized spacial score (nSPS) is 10.0. The van der Waals surface area contributed by atoms with Crippen LogP contribution < -0.4 is 4.74 Å². The van der Waals surface area contributed by atoms with Crippen LogP contribution in [0.15, 0.2) is 30.6 Å². The summed E-state index contributed by atoms with van der Waals surface area (Å²) in [6.07, 6.45) is 4.62. The summed E-state index contributed by atoms with van der Waals surface area (Å²) in [5.74, 6) is 6.68. The number of hydrogen-bond acceptors (Lipinski definition) is 3. The Morgan fingerprint density at radius 2 is 2.29 bits per heavy atom. The van der Waals surface area contributed by atoms with Crippen LogP contribution in [0.2, 0.25) is 0 Å². The van der Waals surface area contributed by atoms with Gasteiger partial charge in [-0.25, -0.2) is 9.37 Å². The summed E-state index contributed by atoms with van der Waals surface area (Å²) in [5, 5.41) is 8.72. The molecule has 0 amide bonds. The molecule has 2 rings (SSSR count). The van der Waals surface area contributed by atoms with Gasteiger partial charge >= 0.3 is 0 Å². The zero-order chi connectivity index (χ0) is 15.1. The van der Waals surface area contributed by atoms with Gasteiger partial charge in [-0.15, -0.1) is 0 Å². The molecule has 21 heavy (non-hydrogen) atoms. The number of benzene rings is 1. The number of halogens is 1. The fourth-order valence-corrected chi connectivity index (χ4v) is 1.83. The van der Waals surface area contributed by atoms with E-state index in [1.807, 2.05) is 17.8 Å². The molecule has 0 fully saturated rings. The van der Waals surface area contributed by atoms with E-state index in [0.29, 0.717) is 30.8 Å². The van der Waals surface area contributed by atoms with Crippen LogP contribution in [0.3, 0.4) is 0 Å². The number of aliphatic hydroxyl groups is 1. The molecular weight excluding hydrogens is 271 g/mol. The fraction of sp³-hybridized carbons (Fsp3) is 0.312. The van der Waals surface area contributed by atoms with Crippen molar-refractivity contribution in [1.29, 1.82) is 0 Å². The molecule has 1 heterocycles. The maximum absolute atomic E-state index is 13.3. The highest BCUT2D eigenvalue weighted by molar-refractivity contribution is 5.46. The Labute approximate surface area is 123 Å². The lowest BCUT2D eigenvalue weighted by Crippen LogP contribution is -2.07. The molecule has 0 unspecified atom stereocenters. The molecular formula is C16H17FN2O2. The molecule has 0 saturated carbocycles. The Kier molecular flexibility index (Phi) is 5.35. The Hall–Kier alpha value is -2.32. The number of aliphatic hydroxyl groups excluding tert-OH is 1. The van der Waals surface area contributed by atoms with Crippen molar-refractivity contribution in [3.63, 3.8) is 0 Å². The van der Waals surface area contributed by atoms with Crippen molar-refractivity contribution >= 4 is 0 Å². The van der Waals surface area contributed by atoms with E-state index >= 15 is 0 Å². The van der Waals surface area contributed by atoms with Gasteiger partial charge in [-0.3, -0.25) is 0 Å². The summed E-state index contributed by atoms with van der Waals surface area (Å²) >= 11 is 0. The van der Waals surface area contributed by atoms with E-state index in [-0.39, 0.29) is 12.4 Å². The second-order valence-corrected chi connectivity index (χ2v) is 4.47. The Morgan fingerprint density at radius 3 is 3.00 bits per heavy atom. The van der Waals surface area contributed by atoms with Crippen LogP contribution in [0.5, 0.6) is 5.75 Å². The molecule has 2 aromatic rings. The molecule has 110 valence electrons. The van der Waals surface area contributed by atoms with E-state index in [1.54, 1.807) is 12.3 Å². The van der Waals surface area contributed by atoms with Gasteiger partial charge in [0.05, 0.1) is 18.8 Å². The zero-order valence-corrected chi connectivity index (χ0v) is 11.8. The Morgan fingerprint density at radius 1 is 1.43 bits per heavy atom. The number of imidazole rings is 1. The first-order chi connectivity index (χ1) is 10.2. The first kappa shape index (κ1) is 15.1. The average molecular weight is 288 g/mol. The maximum atomic E-state index is 13.3. The lowest BCUT2D eigenvalue weighted by atomic mass is 10.2. The number of hydrogen-bond donors (Lipinski definition) is 1. The Balaban J connectivity index is 2.02. The second-order valence-electron chi connectivity index (χ2n) is 4.47. The first-order valence-corrected chi connectivity index (χ1v) is 6.69. The van der Waals surface area contributed by atoms with Crippen LogP contribution in [0, 0.1) is 17.7 Å². The quantitative estimate of drug-likeness (QED) is 0.855. The van der Waals surface area contributed by atoms with Crippen LogP contribution >= 0.6 is 0 Å². The molecule has 1 aromatic carbocycles. The number of aromatic nitrogens is 2. The van der Waals surface area contributed by atoms with E-state index in [0.717, 1.165) is 5.82 Å². The highest BCUT2D eigenvalue weighted by Crippen LogP contribution is 2.19. The minimum Gasteiger partial charge on any atom is -0.492 e. The molecule has 0 bridgehead atoms. The summed E-state index contributed by atoms with van der Waals surface area (Å²) in [7, 11) is 1.92. The van der Waals surface area contributed by atoms with E-state index in [1.165, 1.54) is 12.1 Å². The van der Waals surface area contributed by atoms with Crippen LogP contribution in [-0.2, 0) is 13.5 Å². The predicted molar refractivity (Wildman–Crippen MR) is 77.4 cm³/mol. The number of nitrogens with zero attached hydrogens (tertiary/aromatic N) is 2. The third-order valence-electron chi connectivity index (χ3n) is 2.91. The SMILES string of the molecule is Cn1ccnc1CCOc1ccc(F)cc1C#CCCO. The summed E-state index contributed by atoms with van der Waals surface area (Å²) < 4.78 is 20.9. The highest BCUT2D eigenvalue weighted by Gasteiger charge is 2.05. The molecule has 0 aliphatic carbocycles. The topological polar surface area (TPSA) is 47.3 Å². The van der Waals surface area contributed by atoms with Gasteiger partial charge in [0.25, 0.3) is 0 Å². The van der Waals surface area contributed by atoms with Gasteiger partial charge in [0.15, 0.2) is 0 Å². The van der Waals surface area contributed by atoms with Gasteiger partial charge in [0.1, 0.15) is 17.4 Å². The molecule has 0 aliphatic rings. The van der Waals surface area contributed by atoms with Gasteiger partial charge in [-0.05, 0) is 18.2 Å². The largest absolute Gasteiger partial charge is 0.492 e. The van der Waals surface area contributed by atoms with Gasteiger partial charge in [-0.2, -0.15) is 0 Å². The van der Waals surface area contributed by atoms with Crippen molar-refractivity contribution in [3.8, 4) is 17.6 Å².